The number of urea groups is 1. The highest BCUT2D eigenvalue weighted by Gasteiger charge is 2.39. The normalized spacial score (nSPS) is 18.4. The minimum Gasteiger partial charge on any atom is -0.496 e. The lowest BCUT2D eigenvalue weighted by molar-refractivity contribution is -0.140. The van der Waals surface area contributed by atoms with Crippen molar-refractivity contribution >= 4 is 35.3 Å². The number of nitrogens with one attached hydrogen (secondary N) is 3. The Bertz CT molecular complexity index is 1740. The molecule has 2 atom stereocenters. The monoisotopic (exact) mass is 615 g/mol. The molecule has 5 rings (SSSR count). The molecule has 3 aromatic carbocycles. The number of halogens is 1. The van der Waals surface area contributed by atoms with Gasteiger partial charge in [0.1, 0.15) is 17.5 Å². The van der Waals surface area contributed by atoms with Gasteiger partial charge in [0.05, 0.1) is 19.6 Å². The number of benzene rings is 3. The summed E-state index contributed by atoms with van der Waals surface area (Å²) in [5, 5.41) is 8.02. The van der Waals surface area contributed by atoms with Crippen LogP contribution in [0, 0.1) is 25.6 Å². The van der Waals surface area contributed by atoms with Crippen LogP contribution in [0.25, 0.3) is 22.3 Å². The van der Waals surface area contributed by atoms with Gasteiger partial charge < -0.3 is 20.3 Å². The van der Waals surface area contributed by atoms with Crippen LogP contribution in [0.15, 0.2) is 48.5 Å². The molecule has 12 heteroatoms. The number of hydrogen-bond acceptors (Lipinski definition) is 7. The van der Waals surface area contributed by atoms with E-state index in [0.717, 1.165) is 32.7 Å². The second-order valence-corrected chi connectivity index (χ2v) is 11.2. The molecule has 2 fully saturated rings. The molecular weight excluding hydrogens is 581 g/mol. The lowest BCUT2D eigenvalue weighted by Gasteiger charge is -2.33. The number of amides is 6. The Morgan fingerprint density at radius 2 is 1.67 bits per heavy atom. The first-order chi connectivity index (χ1) is 21.4. The Balaban J connectivity index is 1.41. The molecule has 0 aromatic heterocycles. The largest absolute Gasteiger partial charge is 0.496 e. The summed E-state index contributed by atoms with van der Waals surface area (Å²) in [5.41, 5.74) is 5.45. The van der Waals surface area contributed by atoms with Gasteiger partial charge in [-0.15, -0.1) is 0 Å². The fraction of sp³-hybridized carbons (Fsp3) is 0.303. The SMILES string of the molecule is COc1cc(-c2cccc(-c3cccc(NC(=O)C4CN(C)C(=O)N(C)C4=O)c3C)c2C)cc(F)c1CNC1CC(=O)NC1=O. The molecule has 2 unspecified atom stereocenters. The molecule has 2 saturated heterocycles. The molecule has 0 bridgehead atoms. The van der Waals surface area contributed by atoms with Crippen molar-refractivity contribution in [3.05, 3.63) is 71.0 Å². The second kappa shape index (κ2) is 12.5. The van der Waals surface area contributed by atoms with Crippen molar-refractivity contribution in [2.45, 2.75) is 32.9 Å². The molecule has 0 saturated carbocycles. The van der Waals surface area contributed by atoms with E-state index < -0.39 is 41.5 Å². The van der Waals surface area contributed by atoms with Gasteiger partial charge in [-0.25, -0.2) is 9.18 Å². The van der Waals surface area contributed by atoms with E-state index in [1.807, 2.05) is 38.1 Å². The number of carbonyl (C=O) groups excluding carboxylic acids is 5. The van der Waals surface area contributed by atoms with Crippen LogP contribution < -0.4 is 20.7 Å². The molecule has 0 spiro atoms. The summed E-state index contributed by atoms with van der Waals surface area (Å²) in [6, 6.07) is 13.1. The molecule has 3 aromatic rings. The molecule has 0 radical (unpaired) electrons. The second-order valence-electron chi connectivity index (χ2n) is 11.2. The maximum absolute atomic E-state index is 15.5. The van der Waals surface area contributed by atoms with E-state index in [1.165, 1.54) is 25.1 Å². The third kappa shape index (κ3) is 6.01. The van der Waals surface area contributed by atoms with Gasteiger partial charge in [-0.05, 0) is 65.4 Å². The molecule has 2 heterocycles. The lowest BCUT2D eigenvalue weighted by atomic mass is 9.90. The fourth-order valence-corrected chi connectivity index (χ4v) is 5.80. The molecule has 0 aliphatic carbocycles. The van der Waals surface area contributed by atoms with E-state index >= 15 is 4.39 Å². The third-order valence-corrected chi connectivity index (χ3v) is 8.41. The average molecular weight is 616 g/mol. The van der Waals surface area contributed by atoms with E-state index in [4.69, 9.17) is 4.74 Å². The first-order valence-corrected chi connectivity index (χ1v) is 14.4. The van der Waals surface area contributed by atoms with Gasteiger partial charge in [0.25, 0.3) is 0 Å². The maximum Gasteiger partial charge on any atom is 0.326 e. The Hall–Kier alpha value is -5.10. The molecule has 6 amide bonds. The first-order valence-electron chi connectivity index (χ1n) is 14.4. The molecule has 2 aliphatic heterocycles. The van der Waals surface area contributed by atoms with E-state index in [-0.39, 0.29) is 31.0 Å². The van der Waals surface area contributed by atoms with Crippen LogP contribution in [-0.2, 0) is 25.7 Å². The van der Waals surface area contributed by atoms with Gasteiger partial charge >= 0.3 is 6.03 Å². The minimum absolute atomic E-state index is 0.00722. The number of ether oxygens (including phenoxy) is 1. The predicted octanol–water partition coefficient (Wildman–Crippen LogP) is 3.37. The highest BCUT2D eigenvalue weighted by Crippen LogP contribution is 2.38. The van der Waals surface area contributed by atoms with Crippen LogP contribution in [0.4, 0.5) is 14.9 Å². The predicted molar refractivity (Wildman–Crippen MR) is 165 cm³/mol. The summed E-state index contributed by atoms with van der Waals surface area (Å²) in [6.45, 7) is 3.77. The van der Waals surface area contributed by atoms with Crippen molar-refractivity contribution in [3.8, 4) is 28.0 Å². The Morgan fingerprint density at radius 3 is 2.33 bits per heavy atom. The summed E-state index contributed by atoms with van der Waals surface area (Å²) < 4.78 is 21.0. The van der Waals surface area contributed by atoms with Gasteiger partial charge in [-0.1, -0.05) is 30.3 Å². The zero-order valence-corrected chi connectivity index (χ0v) is 25.6. The van der Waals surface area contributed by atoms with Gasteiger partial charge in [0, 0.05) is 38.4 Å². The quantitative estimate of drug-likeness (QED) is 0.261. The molecule has 2 aliphatic rings. The molecule has 11 nitrogen and oxygen atoms in total. The summed E-state index contributed by atoms with van der Waals surface area (Å²) >= 11 is 0. The van der Waals surface area contributed by atoms with E-state index in [0.29, 0.717) is 17.0 Å². The van der Waals surface area contributed by atoms with E-state index in [2.05, 4.69) is 16.0 Å². The van der Waals surface area contributed by atoms with Crippen LogP contribution in [0.1, 0.15) is 23.1 Å². The van der Waals surface area contributed by atoms with Crippen molar-refractivity contribution in [2.24, 2.45) is 5.92 Å². The van der Waals surface area contributed by atoms with Crippen LogP contribution in [0.5, 0.6) is 5.75 Å². The highest BCUT2D eigenvalue weighted by molar-refractivity contribution is 6.12. The molecule has 3 N–H and O–H groups in total. The van der Waals surface area contributed by atoms with Crippen LogP contribution in [0.3, 0.4) is 0 Å². The molecule has 45 heavy (non-hydrogen) atoms. The fourth-order valence-electron chi connectivity index (χ4n) is 5.80. The zero-order chi connectivity index (χ0) is 32.6. The number of rotatable bonds is 8. The minimum atomic E-state index is -1.04. The van der Waals surface area contributed by atoms with Crippen LogP contribution in [0.2, 0.25) is 0 Å². The number of carbonyl (C=O) groups is 5. The van der Waals surface area contributed by atoms with Crippen molar-refractivity contribution in [3.63, 3.8) is 0 Å². The van der Waals surface area contributed by atoms with Gasteiger partial charge in [-0.3, -0.25) is 29.4 Å². The lowest BCUT2D eigenvalue weighted by Crippen LogP contribution is -2.56. The smallest absolute Gasteiger partial charge is 0.326 e. The number of methoxy groups -OCH3 is 1. The number of nitrogens with zero attached hydrogens (tertiary/aromatic N) is 2. The molecular formula is C33H34FN5O6. The number of hydrogen-bond donors (Lipinski definition) is 3. The number of anilines is 1. The van der Waals surface area contributed by atoms with Crippen molar-refractivity contribution < 1.29 is 33.1 Å². The molecule has 234 valence electrons. The Kier molecular flexibility index (Phi) is 8.69. The highest BCUT2D eigenvalue weighted by atomic mass is 19.1. The maximum atomic E-state index is 15.5. The van der Waals surface area contributed by atoms with Crippen molar-refractivity contribution in [1.82, 2.24) is 20.4 Å². The average Bonchev–Trinajstić information content (AvgIpc) is 3.34. The van der Waals surface area contributed by atoms with E-state index in [1.54, 1.807) is 25.2 Å². The van der Waals surface area contributed by atoms with Gasteiger partial charge in [0.2, 0.25) is 23.6 Å². The summed E-state index contributed by atoms with van der Waals surface area (Å²) in [7, 11) is 4.33. The van der Waals surface area contributed by atoms with Crippen molar-refractivity contribution in [1.29, 1.82) is 0 Å². The topological polar surface area (TPSA) is 137 Å². The zero-order valence-electron chi connectivity index (χ0n) is 25.6. The standard InChI is InChI=1S/C33H34FN5O6/c1-17-20(19-12-25(34)23(28(13-19)45-5)15-35-27-14-29(40)37-31(27)42)8-6-9-21(17)22-10-7-11-26(18(22)2)36-30(41)24-16-38(3)33(44)39(4)32(24)43/h6-13,24,27,35H,14-16H2,1-5H3,(H,36,41)(H,37,40,42). The summed E-state index contributed by atoms with van der Waals surface area (Å²) in [6.07, 6.45) is -0.00840. The van der Waals surface area contributed by atoms with Crippen molar-refractivity contribution in [2.75, 3.05) is 33.1 Å². The van der Waals surface area contributed by atoms with Crippen LogP contribution >= 0.6 is 0 Å². The number of imide groups is 2. The third-order valence-electron chi connectivity index (χ3n) is 8.41. The van der Waals surface area contributed by atoms with Crippen LogP contribution in [-0.4, -0.2) is 73.3 Å². The summed E-state index contributed by atoms with van der Waals surface area (Å²) in [5.74, 6) is -3.15. The summed E-state index contributed by atoms with van der Waals surface area (Å²) in [4.78, 5) is 63.6. The first kappa shape index (κ1) is 31.3. The van der Waals surface area contributed by atoms with Gasteiger partial charge in [0.15, 0.2) is 0 Å². The van der Waals surface area contributed by atoms with Gasteiger partial charge in [-0.2, -0.15) is 0 Å². The van der Waals surface area contributed by atoms with E-state index in [9.17, 15) is 24.0 Å². The Morgan fingerprint density at radius 1 is 1.00 bits per heavy atom. The Labute approximate surface area is 259 Å².